The van der Waals surface area contributed by atoms with E-state index in [1.165, 1.54) is 12.8 Å². The Kier molecular flexibility index (Phi) is 4.27. The van der Waals surface area contributed by atoms with E-state index in [0.717, 1.165) is 35.5 Å². The second-order valence-corrected chi connectivity index (χ2v) is 5.86. The van der Waals surface area contributed by atoms with Crippen molar-refractivity contribution in [1.82, 2.24) is 9.97 Å². The molecule has 2 rings (SSSR count). The summed E-state index contributed by atoms with van der Waals surface area (Å²) in [6, 6.07) is 0.503. The molecule has 2 N–H and O–H groups in total. The van der Waals surface area contributed by atoms with E-state index in [4.69, 9.17) is 4.98 Å². The largest absolute Gasteiger partial charge is 0.370 e. The molecule has 0 saturated heterocycles. The summed E-state index contributed by atoms with van der Waals surface area (Å²) in [5, 5.41) is 6.91. The fraction of sp³-hybridized carbons (Fsp3) is 0.733. The monoisotopic (exact) mass is 262 g/mol. The number of hydrogen-bond acceptors (Lipinski definition) is 4. The molecule has 4 nitrogen and oxygen atoms in total. The molecule has 1 aromatic heterocycles. The minimum Gasteiger partial charge on any atom is -0.370 e. The van der Waals surface area contributed by atoms with Gasteiger partial charge in [0.05, 0.1) is 0 Å². The quantitative estimate of drug-likeness (QED) is 0.823. The van der Waals surface area contributed by atoms with Crippen LogP contribution in [-0.4, -0.2) is 22.6 Å². The van der Waals surface area contributed by atoms with E-state index in [0.29, 0.717) is 12.0 Å². The first-order chi connectivity index (χ1) is 9.02. The highest BCUT2D eigenvalue weighted by molar-refractivity contribution is 5.57. The van der Waals surface area contributed by atoms with Gasteiger partial charge in [-0.3, -0.25) is 0 Å². The zero-order valence-corrected chi connectivity index (χ0v) is 12.7. The molecule has 0 amide bonds. The van der Waals surface area contributed by atoms with Gasteiger partial charge in [-0.05, 0) is 39.5 Å². The maximum Gasteiger partial charge on any atom is 0.135 e. The first-order valence-corrected chi connectivity index (χ1v) is 7.41. The van der Waals surface area contributed by atoms with Gasteiger partial charge in [-0.15, -0.1) is 0 Å². The Morgan fingerprint density at radius 2 is 1.79 bits per heavy atom. The summed E-state index contributed by atoms with van der Waals surface area (Å²) in [4.78, 5) is 9.33. The van der Waals surface area contributed by atoms with Crippen LogP contribution in [0.25, 0.3) is 0 Å². The van der Waals surface area contributed by atoms with Crippen molar-refractivity contribution >= 4 is 11.6 Å². The summed E-state index contributed by atoms with van der Waals surface area (Å²) in [5.74, 6) is 4.03. The molecule has 0 aliphatic heterocycles. The first-order valence-electron chi connectivity index (χ1n) is 7.41. The van der Waals surface area contributed by atoms with E-state index in [9.17, 15) is 0 Å². The fourth-order valence-corrected chi connectivity index (χ4v) is 2.20. The smallest absolute Gasteiger partial charge is 0.135 e. The third kappa shape index (κ3) is 3.37. The molecule has 4 heteroatoms. The molecule has 1 heterocycles. The summed E-state index contributed by atoms with van der Waals surface area (Å²) in [5.41, 5.74) is 1.12. The molecule has 0 aromatic carbocycles. The first kappa shape index (κ1) is 14.1. The molecule has 0 spiro atoms. The lowest BCUT2D eigenvalue weighted by atomic mass is 10.1. The number of anilines is 2. The van der Waals surface area contributed by atoms with E-state index in [2.05, 4.69) is 50.2 Å². The van der Waals surface area contributed by atoms with Crippen LogP contribution in [0.5, 0.6) is 0 Å². The average molecular weight is 262 g/mol. The van der Waals surface area contributed by atoms with Crippen molar-refractivity contribution in [2.24, 2.45) is 5.92 Å². The van der Waals surface area contributed by atoms with Gasteiger partial charge in [-0.25, -0.2) is 9.97 Å². The zero-order chi connectivity index (χ0) is 14.0. The van der Waals surface area contributed by atoms with Crippen LogP contribution >= 0.6 is 0 Å². The van der Waals surface area contributed by atoms with E-state index in [1.54, 1.807) is 0 Å². The molecule has 1 fully saturated rings. The lowest BCUT2D eigenvalue weighted by Crippen LogP contribution is -2.20. The van der Waals surface area contributed by atoms with Gasteiger partial charge >= 0.3 is 0 Å². The Morgan fingerprint density at radius 1 is 1.16 bits per heavy atom. The Morgan fingerprint density at radius 3 is 2.32 bits per heavy atom. The highest BCUT2D eigenvalue weighted by Gasteiger charge is 2.28. The Bertz CT molecular complexity index is 438. The normalized spacial score (nSPS) is 16.5. The molecule has 1 unspecified atom stereocenters. The van der Waals surface area contributed by atoms with E-state index in [-0.39, 0.29) is 0 Å². The van der Waals surface area contributed by atoms with Gasteiger partial charge in [0.15, 0.2) is 0 Å². The van der Waals surface area contributed by atoms with E-state index >= 15 is 0 Å². The lowest BCUT2D eigenvalue weighted by molar-refractivity contribution is 0.684. The summed E-state index contributed by atoms with van der Waals surface area (Å²) >= 11 is 0. The van der Waals surface area contributed by atoms with Gasteiger partial charge in [0.1, 0.15) is 17.5 Å². The highest BCUT2D eigenvalue weighted by atomic mass is 15.1. The van der Waals surface area contributed by atoms with Crippen LogP contribution < -0.4 is 10.6 Å². The average Bonchev–Trinajstić information content (AvgIpc) is 3.18. The summed E-state index contributed by atoms with van der Waals surface area (Å²) in [6.45, 7) is 11.6. The fourth-order valence-electron chi connectivity index (χ4n) is 2.20. The number of nitrogens with one attached hydrogen (secondary N) is 2. The second-order valence-electron chi connectivity index (χ2n) is 5.86. The van der Waals surface area contributed by atoms with Crippen molar-refractivity contribution in [3.8, 4) is 0 Å². The molecule has 1 aliphatic rings. The van der Waals surface area contributed by atoms with Crippen molar-refractivity contribution in [2.45, 2.75) is 59.4 Å². The van der Waals surface area contributed by atoms with Crippen LogP contribution in [-0.2, 0) is 0 Å². The van der Waals surface area contributed by atoms with E-state index < -0.39 is 0 Å². The SMILES string of the molecule is CCNc1nc(C(C)C)nc(NC(C)C2CC2)c1C. The number of aromatic nitrogens is 2. The maximum absolute atomic E-state index is 4.70. The van der Waals surface area contributed by atoms with Crippen LogP contribution in [0.3, 0.4) is 0 Å². The standard InChI is InChI=1S/C15H26N4/c1-6-16-14-10(4)15(17-11(5)12-7-8-12)19-13(18-14)9(2)3/h9,11-12H,6-8H2,1-5H3,(H2,16,17,18,19). The maximum atomic E-state index is 4.70. The molecule has 1 saturated carbocycles. The van der Waals surface area contributed by atoms with Crippen molar-refractivity contribution in [2.75, 3.05) is 17.2 Å². The summed E-state index contributed by atoms with van der Waals surface area (Å²) in [6.07, 6.45) is 2.69. The molecule has 1 aromatic rings. The highest BCUT2D eigenvalue weighted by Crippen LogP contribution is 2.34. The van der Waals surface area contributed by atoms with Crippen LogP contribution in [0.4, 0.5) is 11.6 Å². The van der Waals surface area contributed by atoms with Crippen molar-refractivity contribution in [3.63, 3.8) is 0 Å². The predicted molar refractivity (Wildman–Crippen MR) is 80.8 cm³/mol. The molecular formula is C15H26N4. The van der Waals surface area contributed by atoms with Crippen LogP contribution in [0.1, 0.15) is 57.8 Å². The van der Waals surface area contributed by atoms with Gasteiger partial charge in [-0.2, -0.15) is 0 Å². The van der Waals surface area contributed by atoms with Crippen LogP contribution in [0.15, 0.2) is 0 Å². The summed E-state index contributed by atoms with van der Waals surface area (Å²) in [7, 11) is 0. The van der Waals surface area contributed by atoms with Gasteiger partial charge in [0.2, 0.25) is 0 Å². The molecule has 106 valence electrons. The van der Waals surface area contributed by atoms with Crippen molar-refractivity contribution < 1.29 is 0 Å². The molecular weight excluding hydrogens is 236 g/mol. The topological polar surface area (TPSA) is 49.8 Å². The van der Waals surface area contributed by atoms with Gasteiger partial charge in [0, 0.05) is 24.1 Å². The van der Waals surface area contributed by atoms with E-state index in [1.807, 2.05) is 0 Å². The summed E-state index contributed by atoms with van der Waals surface area (Å²) < 4.78 is 0. The number of rotatable bonds is 6. The third-order valence-electron chi connectivity index (χ3n) is 3.72. The Labute approximate surface area is 116 Å². The van der Waals surface area contributed by atoms with Gasteiger partial charge in [0.25, 0.3) is 0 Å². The van der Waals surface area contributed by atoms with Crippen molar-refractivity contribution in [1.29, 1.82) is 0 Å². The third-order valence-corrected chi connectivity index (χ3v) is 3.72. The molecule has 0 radical (unpaired) electrons. The lowest BCUT2D eigenvalue weighted by Gasteiger charge is -2.19. The van der Waals surface area contributed by atoms with Crippen LogP contribution in [0.2, 0.25) is 0 Å². The molecule has 19 heavy (non-hydrogen) atoms. The zero-order valence-electron chi connectivity index (χ0n) is 12.7. The Balaban J connectivity index is 2.27. The second kappa shape index (κ2) is 5.76. The molecule has 1 atom stereocenters. The molecule has 0 bridgehead atoms. The minimum atomic E-state index is 0.342. The number of nitrogens with zero attached hydrogens (tertiary/aromatic N) is 2. The molecule has 1 aliphatic carbocycles. The van der Waals surface area contributed by atoms with Crippen molar-refractivity contribution in [3.05, 3.63) is 11.4 Å². The van der Waals surface area contributed by atoms with Crippen LogP contribution in [0, 0.1) is 12.8 Å². The van der Waals surface area contributed by atoms with Gasteiger partial charge in [-0.1, -0.05) is 13.8 Å². The minimum absolute atomic E-state index is 0.342. The number of hydrogen-bond donors (Lipinski definition) is 2. The Hall–Kier alpha value is -1.32. The predicted octanol–water partition coefficient (Wildman–Crippen LogP) is 3.55. The van der Waals surface area contributed by atoms with Gasteiger partial charge < -0.3 is 10.6 Å².